The fourth-order valence-corrected chi connectivity index (χ4v) is 4.48. The summed E-state index contributed by atoms with van der Waals surface area (Å²) in [5.41, 5.74) is 11.1. The number of imidazole rings is 1. The third kappa shape index (κ3) is 4.59. The van der Waals surface area contributed by atoms with Crippen molar-refractivity contribution in [3.8, 4) is 0 Å². The Kier molecular flexibility index (Phi) is 7.12. The molecular formula is C17H26N5O3P. The van der Waals surface area contributed by atoms with Crippen LogP contribution in [0.3, 0.4) is 0 Å². The topological polar surface area (TPSA) is 105 Å². The van der Waals surface area contributed by atoms with E-state index in [9.17, 15) is 4.57 Å². The Labute approximate surface area is 153 Å². The number of fused-ring (bicyclic) bond motifs is 1. The summed E-state index contributed by atoms with van der Waals surface area (Å²) in [6, 6.07) is 0. The highest BCUT2D eigenvalue weighted by atomic mass is 31.2. The van der Waals surface area contributed by atoms with Gasteiger partial charge in [-0.25, -0.2) is 15.0 Å². The first-order valence-corrected chi connectivity index (χ1v) is 10.3. The lowest BCUT2D eigenvalue weighted by atomic mass is 10.2. The van der Waals surface area contributed by atoms with Crippen molar-refractivity contribution >= 4 is 24.6 Å². The summed E-state index contributed by atoms with van der Waals surface area (Å²) in [6.07, 6.45) is 4.47. The quantitative estimate of drug-likeness (QED) is 0.520. The van der Waals surface area contributed by atoms with E-state index in [2.05, 4.69) is 20.7 Å². The van der Waals surface area contributed by atoms with Gasteiger partial charge in [0.25, 0.3) is 0 Å². The van der Waals surface area contributed by atoms with Crippen LogP contribution < -0.4 is 5.73 Å². The molecule has 26 heavy (non-hydrogen) atoms. The number of aromatic nitrogens is 4. The second-order valence-electron chi connectivity index (χ2n) is 5.74. The van der Waals surface area contributed by atoms with Crippen molar-refractivity contribution in [2.75, 3.05) is 18.9 Å². The Morgan fingerprint density at radius 3 is 2.54 bits per heavy atom. The molecule has 0 saturated heterocycles. The fourth-order valence-electron chi connectivity index (χ4n) is 2.59. The van der Waals surface area contributed by atoms with E-state index in [1.807, 2.05) is 18.4 Å². The zero-order valence-electron chi connectivity index (χ0n) is 15.7. The van der Waals surface area contributed by atoms with Crippen molar-refractivity contribution in [1.29, 1.82) is 0 Å². The molecule has 0 radical (unpaired) electrons. The Hall–Kier alpha value is -1.98. The SMILES string of the molecule is CCCC(=C=C(C)Cn1cnc2c(N)ncnc21)P(=O)(OCC)OCC. The summed E-state index contributed by atoms with van der Waals surface area (Å²) in [6.45, 7) is 8.64. The number of allylic oxidation sites excluding steroid dienone is 1. The summed E-state index contributed by atoms with van der Waals surface area (Å²) >= 11 is 0. The van der Waals surface area contributed by atoms with Crippen LogP contribution in [-0.2, 0) is 20.2 Å². The Morgan fingerprint density at radius 2 is 1.92 bits per heavy atom. The van der Waals surface area contributed by atoms with Gasteiger partial charge in [-0.15, -0.1) is 5.73 Å². The standard InChI is InChI=1S/C17H26N5O3P/c1-5-8-14(26(23,24-6-2)25-7-3)9-13(4)10-22-12-21-15-16(18)19-11-20-17(15)22/h11-12H,5-8,10H2,1-4H3,(H2,18,19,20). The largest absolute Gasteiger partial charge is 0.382 e. The van der Waals surface area contributed by atoms with E-state index in [0.717, 1.165) is 12.0 Å². The second-order valence-corrected chi connectivity index (χ2v) is 7.79. The normalized spacial score (nSPS) is 11.5. The summed E-state index contributed by atoms with van der Waals surface area (Å²) in [7, 11) is -3.33. The van der Waals surface area contributed by atoms with Crippen LogP contribution in [0.4, 0.5) is 5.82 Å². The minimum atomic E-state index is -3.33. The van der Waals surface area contributed by atoms with E-state index in [0.29, 0.717) is 48.5 Å². The van der Waals surface area contributed by atoms with E-state index in [1.54, 1.807) is 20.2 Å². The highest BCUT2D eigenvalue weighted by Gasteiger charge is 2.29. The van der Waals surface area contributed by atoms with Gasteiger partial charge in [-0.05, 0) is 32.8 Å². The van der Waals surface area contributed by atoms with Crippen molar-refractivity contribution in [1.82, 2.24) is 19.5 Å². The lowest BCUT2D eigenvalue weighted by Gasteiger charge is -2.18. The van der Waals surface area contributed by atoms with Gasteiger partial charge in [-0.2, -0.15) is 0 Å². The third-order valence-electron chi connectivity index (χ3n) is 3.61. The maximum absolute atomic E-state index is 13.1. The predicted molar refractivity (Wildman–Crippen MR) is 102 cm³/mol. The molecule has 0 unspecified atom stereocenters. The molecular weight excluding hydrogens is 353 g/mol. The van der Waals surface area contributed by atoms with Crippen LogP contribution in [0.1, 0.15) is 40.5 Å². The smallest absolute Gasteiger partial charge is 0.364 e. The van der Waals surface area contributed by atoms with Crippen LogP contribution in [0.2, 0.25) is 0 Å². The van der Waals surface area contributed by atoms with Gasteiger partial charge in [-0.3, -0.25) is 4.57 Å². The third-order valence-corrected chi connectivity index (χ3v) is 5.80. The summed E-state index contributed by atoms with van der Waals surface area (Å²) in [5, 5.41) is 0.569. The minimum absolute atomic E-state index is 0.313. The number of rotatable bonds is 9. The van der Waals surface area contributed by atoms with Gasteiger partial charge in [0.15, 0.2) is 11.5 Å². The molecule has 0 aliphatic heterocycles. The first-order chi connectivity index (χ1) is 12.4. The van der Waals surface area contributed by atoms with Crippen LogP contribution in [0, 0.1) is 0 Å². The van der Waals surface area contributed by atoms with Crippen molar-refractivity contribution < 1.29 is 13.6 Å². The highest BCUT2D eigenvalue weighted by molar-refractivity contribution is 7.58. The number of nitrogen functional groups attached to an aromatic ring is 1. The molecule has 0 spiro atoms. The van der Waals surface area contributed by atoms with Crippen molar-refractivity contribution in [2.24, 2.45) is 0 Å². The molecule has 0 aromatic carbocycles. The molecule has 0 atom stereocenters. The summed E-state index contributed by atoms with van der Waals surface area (Å²) in [4.78, 5) is 12.4. The molecule has 0 saturated carbocycles. The first-order valence-electron chi connectivity index (χ1n) is 8.71. The zero-order chi connectivity index (χ0) is 19.2. The number of nitrogens with two attached hydrogens (primary N) is 1. The molecule has 2 aromatic heterocycles. The molecule has 2 N–H and O–H groups in total. The van der Waals surface area contributed by atoms with Gasteiger partial charge in [0.2, 0.25) is 0 Å². The van der Waals surface area contributed by atoms with Gasteiger partial charge in [-0.1, -0.05) is 13.3 Å². The molecule has 2 aromatic rings. The number of hydrogen-bond acceptors (Lipinski definition) is 7. The summed E-state index contributed by atoms with van der Waals surface area (Å²) in [5.74, 6) is 0.342. The summed E-state index contributed by atoms with van der Waals surface area (Å²) < 4.78 is 25.9. The van der Waals surface area contributed by atoms with Crippen LogP contribution in [0.25, 0.3) is 11.2 Å². The van der Waals surface area contributed by atoms with Crippen LogP contribution in [0.15, 0.2) is 29.3 Å². The predicted octanol–water partition coefficient (Wildman–Crippen LogP) is 3.90. The van der Waals surface area contributed by atoms with E-state index in [1.165, 1.54) is 6.33 Å². The fraction of sp³-hybridized carbons (Fsp3) is 0.529. The maximum Gasteiger partial charge on any atom is 0.364 e. The van der Waals surface area contributed by atoms with Crippen LogP contribution in [0.5, 0.6) is 0 Å². The molecule has 0 aliphatic carbocycles. The van der Waals surface area contributed by atoms with E-state index >= 15 is 0 Å². The van der Waals surface area contributed by atoms with Crippen molar-refractivity contribution in [2.45, 2.75) is 47.1 Å². The van der Waals surface area contributed by atoms with Crippen LogP contribution >= 0.6 is 7.60 Å². The molecule has 0 amide bonds. The maximum atomic E-state index is 13.1. The van der Waals surface area contributed by atoms with Gasteiger partial charge in [0, 0.05) is 0 Å². The van der Waals surface area contributed by atoms with E-state index < -0.39 is 7.60 Å². The minimum Gasteiger partial charge on any atom is -0.382 e. The zero-order valence-corrected chi connectivity index (χ0v) is 16.6. The lowest BCUT2D eigenvalue weighted by Crippen LogP contribution is -2.01. The molecule has 0 fully saturated rings. The molecule has 0 bridgehead atoms. The molecule has 9 heteroatoms. The highest BCUT2D eigenvalue weighted by Crippen LogP contribution is 2.57. The average molecular weight is 379 g/mol. The first kappa shape index (κ1) is 20.3. The van der Waals surface area contributed by atoms with Gasteiger partial charge >= 0.3 is 7.60 Å². The number of hydrogen-bond donors (Lipinski definition) is 1. The van der Waals surface area contributed by atoms with Crippen molar-refractivity contribution in [3.05, 3.63) is 29.3 Å². The molecule has 2 rings (SSSR count). The molecule has 0 aliphatic rings. The number of nitrogens with zero attached hydrogens (tertiary/aromatic N) is 4. The van der Waals surface area contributed by atoms with E-state index in [4.69, 9.17) is 14.8 Å². The Balaban J connectivity index is 2.43. The molecule has 142 valence electrons. The van der Waals surface area contributed by atoms with Gasteiger partial charge in [0.1, 0.15) is 11.8 Å². The number of anilines is 1. The molecule has 2 heterocycles. The van der Waals surface area contributed by atoms with Gasteiger partial charge in [0.05, 0.1) is 31.4 Å². The lowest BCUT2D eigenvalue weighted by molar-refractivity contribution is 0.225. The Bertz CT molecular complexity index is 860. The monoisotopic (exact) mass is 379 g/mol. The van der Waals surface area contributed by atoms with E-state index in [-0.39, 0.29) is 0 Å². The molecule has 8 nitrogen and oxygen atoms in total. The second kappa shape index (κ2) is 9.10. The van der Waals surface area contributed by atoms with Gasteiger partial charge < -0.3 is 19.3 Å². The Morgan fingerprint density at radius 1 is 1.23 bits per heavy atom. The van der Waals surface area contributed by atoms with Crippen LogP contribution in [-0.4, -0.2) is 32.7 Å². The average Bonchev–Trinajstić information content (AvgIpc) is 2.99. The van der Waals surface area contributed by atoms with Crippen molar-refractivity contribution in [3.63, 3.8) is 0 Å².